The molecular weight excluding hydrogens is 470 g/mol. The lowest BCUT2D eigenvalue weighted by molar-refractivity contribution is -0.159. The Bertz CT molecular complexity index is 1460. The average molecular weight is 496 g/mol. The van der Waals surface area contributed by atoms with Crippen molar-refractivity contribution in [3.05, 3.63) is 78.5 Å². The highest BCUT2D eigenvalue weighted by atomic mass is 32.2. The number of fused-ring (bicyclic) bond motifs is 2. The lowest BCUT2D eigenvalue weighted by atomic mass is 10.1. The monoisotopic (exact) mass is 495 g/mol. The summed E-state index contributed by atoms with van der Waals surface area (Å²) in [7, 11) is -3.47. The maximum Gasteiger partial charge on any atom is 0.414 e. The molecule has 0 unspecified atom stereocenters. The highest BCUT2D eigenvalue weighted by Crippen LogP contribution is 2.24. The standard InChI is InChI=1S/C23H23N3O2S.C2H2O4/c27-29(28,21-10-9-18-5-1-2-6-19(18)15-21)26-13-11-25(12-14-26)17-20-16-24-23-8-4-3-7-22(20)23;3-1(4)2(5)6/h1-10,15-16,24H,11-14,17H2;(H,3,4)(H,5,6). The van der Waals surface area contributed by atoms with Gasteiger partial charge in [0.25, 0.3) is 0 Å². The third-order valence-corrected chi connectivity index (χ3v) is 7.84. The number of H-pyrrole nitrogens is 1. The van der Waals surface area contributed by atoms with Gasteiger partial charge in [-0.2, -0.15) is 4.31 Å². The Labute approximate surface area is 202 Å². The smallest absolute Gasteiger partial charge is 0.414 e. The predicted octanol–water partition coefficient (Wildman–Crippen LogP) is 2.98. The third-order valence-electron chi connectivity index (χ3n) is 5.94. The summed E-state index contributed by atoms with van der Waals surface area (Å²) in [6.07, 6.45) is 2.06. The van der Waals surface area contributed by atoms with Gasteiger partial charge in [0.1, 0.15) is 0 Å². The van der Waals surface area contributed by atoms with Crippen molar-refractivity contribution < 1.29 is 28.2 Å². The number of carboxylic acids is 2. The van der Waals surface area contributed by atoms with Crippen LogP contribution >= 0.6 is 0 Å². The number of carbonyl (C=O) groups is 2. The van der Waals surface area contributed by atoms with Crippen LogP contribution in [0, 0.1) is 0 Å². The van der Waals surface area contributed by atoms with Crippen molar-refractivity contribution in [3.63, 3.8) is 0 Å². The van der Waals surface area contributed by atoms with Crippen LogP contribution < -0.4 is 0 Å². The molecule has 0 amide bonds. The first-order valence-electron chi connectivity index (χ1n) is 11.0. The first-order chi connectivity index (χ1) is 16.8. The van der Waals surface area contributed by atoms with Crippen molar-refractivity contribution in [2.75, 3.05) is 26.2 Å². The maximum atomic E-state index is 13.1. The molecule has 1 saturated heterocycles. The minimum absolute atomic E-state index is 0.376. The summed E-state index contributed by atoms with van der Waals surface area (Å²) in [6.45, 7) is 3.31. The molecule has 2 heterocycles. The molecule has 1 fully saturated rings. The second kappa shape index (κ2) is 10.3. The lowest BCUT2D eigenvalue weighted by Gasteiger charge is -2.34. The van der Waals surface area contributed by atoms with Crippen molar-refractivity contribution in [1.29, 1.82) is 0 Å². The number of aromatic nitrogens is 1. The number of piperazine rings is 1. The Balaban J connectivity index is 0.000000431. The Morgan fingerprint density at radius 1 is 0.829 bits per heavy atom. The molecule has 0 bridgehead atoms. The number of sulfonamides is 1. The van der Waals surface area contributed by atoms with E-state index in [2.05, 4.69) is 28.2 Å². The van der Waals surface area contributed by atoms with Gasteiger partial charge in [-0.3, -0.25) is 4.90 Å². The summed E-state index contributed by atoms with van der Waals surface area (Å²) >= 11 is 0. The summed E-state index contributed by atoms with van der Waals surface area (Å²) in [5.41, 5.74) is 2.39. The summed E-state index contributed by atoms with van der Waals surface area (Å²) in [4.78, 5) is 24.2. The molecule has 10 heteroatoms. The molecule has 1 aliphatic rings. The molecule has 1 aromatic heterocycles. The number of benzene rings is 3. The lowest BCUT2D eigenvalue weighted by Crippen LogP contribution is -2.48. The van der Waals surface area contributed by atoms with Crippen LogP contribution in [0.1, 0.15) is 5.56 Å². The van der Waals surface area contributed by atoms with E-state index < -0.39 is 22.0 Å². The van der Waals surface area contributed by atoms with E-state index in [1.807, 2.05) is 42.5 Å². The van der Waals surface area contributed by atoms with Crippen molar-refractivity contribution in [3.8, 4) is 0 Å². The molecule has 0 saturated carbocycles. The van der Waals surface area contributed by atoms with Crippen LogP contribution in [0.15, 0.2) is 77.8 Å². The number of aliphatic carboxylic acids is 2. The largest absolute Gasteiger partial charge is 0.473 e. The highest BCUT2D eigenvalue weighted by molar-refractivity contribution is 7.89. The van der Waals surface area contributed by atoms with Gasteiger partial charge in [0, 0.05) is 49.8 Å². The Morgan fingerprint density at radius 2 is 1.46 bits per heavy atom. The minimum Gasteiger partial charge on any atom is -0.473 e. The topological polar surface area (TPSA) is 131 Å². The Hall–Kier alpha value is -3.73. The molecule has 0 spiro atoms. The van der Waals surface area contributed by atoms with Gasteiger partial charge < -0.3 is 15.2 Å². The van der Waals surface area contributed by atoms with Crippen molar-refractivity contribution in [1.82, 2.24) is 14.2 Å². The summed E-state index contributed by atoms with van der Waals surface area (Å²) in [6, 6.07) is 21.5. The van der Waals surface area contributed by atoms with Gasteiger partial charge >= 0.3 is 11.9 Å². The molecule has 35 heavy (non-hydrogen) atoms. The molecular formula is C25H25N3O6S. The van der Waals surface area contributed by atoms with E-state index in [0.29, 0.717) is 18.0 Å². The van der Waals surface area contributed by atoms with E-state index in [1.54, 1.807) is 16.4 Å². The molecule has 0 radical (unpaired) electrons. The molecule has 3 N–H and O–H groups in total. The number of carboxylic acid groups (broad SMARTS) is 2. The molecule has 4 aromatic rings. The normalized spacial score (nSPS) is 15.0. The summed E-state index contributed by atoms with van der Waals surface area (Å²) in [5, 5.41) is 18.0. The van der Waals surface area contributed by atoms with Gasteiger partial charge in [0.2, 0.25) is 10.0 Å². The second-order valence-electron chi connectivity index (χ2n) is 8.16. The molecule has 1 aliphatic heterocycles. The number of para-hydroxylation sites is 1. The zero-order valence-electron chi connectivity index (χ0n) is 18.8. The number of nitrogens with zero attached hydrogens (tertiary/aromatic N) is 2. The van der Waals surface area contributed by atoms with Gasteiger partial charge in [-0.15, -0.1) is 0 Å². The Morgan fingerprint density at radius 3 is 2.14 bits per heavy atom. The van der Waals surface area contributed by atoms with Crippen LogP contribution in [-0.4, -0.2) is 70.9 Å². The fourth-order valence-electron chi connectivity index (χ4n) is 4.11. The number of hydrogen-bond acceptors (Lipinski definition) is 5. The summed E-state index contributed by atoms with van der Waals surface area (Å²) in [5.74, 6) is -3.65. The second-order valence-corrected chi connectivity index (χ2v) is 10.1. The first-order valence-corrected chi connectivity index (χ1v) is 12.4. The summed E-state index contributed by atoms with van der Waals surface area (Å²) < 4.78 is 27.9. The fourth-order valence-corrected chi connectivity index (χ4v) is 5.57. The van der Waals surface area contributed by atoms with E-state index in [9.17, 15) is 8.42 Å². The molecule has 9 nitrogen and oxygen atoms in total. The SMILES string of the molecule is O=C(O)C(=O)O.O=S(=O)(c1ccc2ccccc2c1)N1CCN(Cc2c[nH]c3ccccc23)CC1. The minimum atomic E-state index is -3.47. The number of rotatable bonds is 4. The fraction of sp³-hybridized carbons (Fsp3) is 0.200. The number of nitrogens with one attached hydrogen (secondary N) is 1. The average Bonchev–Trinajstić information content (AvgIpc) is 3.27. The van der Waals surface area contributed by atoms with Gasteiger partial charge in [-0.25, -0.2) is 18.0 Å². The predicted molar refractivity (Wildman–Crippen MR) is 132 cm³/mol. The van der Waals surface area contributed by atoms with Gasteiger partial charge in [0.15, 0.2) is 0 Å². The van der Waals surface area contributed by atoms with Crippen LogP contribution in [0.2, 0.25) is 0 Å². The molecule has 0 aliphatic carbocycles. The molecule has 0 atom stereocenters. The van der Waals surface area contributed by atoms with E-state index >= 15 is 0 Å². The van der Waals surface area contributed by atoms with Crippen molar-refractivity contribution >= 4 is 43.6 Å². The highest BCUT2D eigenvalue weighted by Gasteiger charge is 2.28. The zero-order valence-corrected chi connectivity index (χ0v) is 19.6. The van der Waals surface area contributed by atoms with Gasteiger partial charge in [0.05, 0.1) is 4.90 Å². The van der Waals surface area contributed by atoms with E-state index in [0.717, 1.165) is 35.9 Å². The molecule has 182 valence electrons. The van der Waals surface area contributed by atoms with Crippen LogP contribution in [0.25, 0.3) is 21.7 Å². The van der Waals surface area contributed by atoms with Gasteiger partial charge in [-0.1, -0.05) is 48.5 Å². The molecule has 5 rings (SSSR count). The maximum absolute atomic E-state index is 13.1. The third kappa shape index (κ3) is 5.51. The Kier molecular flexibility index (Phi) is 7.15. The van der Waals surface area contributed by atoms with Crippen LogP contribution in [-0.2, 0) is 26.2 Å². The van der Waals surface area contributed by atoms with Crippen LogP contribution in [0.3, 0.4) is 0 Å². The van der Waals surface area contributed by atoms with Crippen molar-refractivity contribution in [2.24, 2.45) is 0 Å². The quantitative estimate of drug-likeness (QED) is 0.371. The van der Waals surface area contributed by atoms with E-state index in [4.69, 9.17) is 19.8 Å². The molecule has 3 aromatic carbocycles. The van der Waals surface area contributed by atoms with Crippen LogP contribution in [0.5, 0.6) is 0 Å². The van der Waals surface area contributed by atoms with Gasteiger partial charge in [-0.05, 0) is 34.5 Å². The van der Waals surface area contributed by atoms with E-state index in [-0.39, 0.29) is 0 Å². The first kappa shape index (κ1) is 24.4. The number of aromatic amines is 1. The van der Waals surface area contributed by atoms with Crippen molar-refractivity contribution in [2.45, 2.75) is 11.4 Å². The number of hydrogen-bond donors (Lipinski definition) is 3. The van der Waals surface area contributed by atoms with Crippen LogP contribution in [0.4, 0.5) is 0 Å². The zero-order chi connectivity index (χ0) is 25.0. The van der Waals surface area contributed by atoms with E-state index in [1.165, 1.54) is 10.9 Å².